The summed E-state index contributed by atoms with van der Waals surface area (Å²) in [6.07, 6.45) is 2.69. The summed E-state index contributed by atoms with van der Waals surface area (Å²) >= 11 is 0. The highest BCUT2D eigenvalue weighted by atomic mass is 31.2. The highest BCUT2D eigenvalue weighted by molar-refractivity contribution is 7.53. The Labute approximate surface area is 146 Å². The summed E-state index contributed by atoms with van der Waals surface area (Å²) in [5.74, 6) is 0. The normalized spacial score (nSPS) is 17.2. The van der Waals surface area contributed by atoms with E-state index in [1.807, 2.05) is 13.8 Å². The van der Waals surface area contributed by atoms with Gasteiger partial charge in [0, 0.05) is 19.1 Å². The molecule has 1 fully saturated rings. The molecule has 1 aliphatic rings. The first-order valence-corrected chi connectivity index (χ1v) is 10.8. The molecule has 2 rings (SSSR count). The molecule has 136 valence electrons. The maximum Gasteiger partial charge on any atom is 0.331 e. The van der Waals surface area contributed by atoms with E-state index in [4.69, 9.17) is 9.05 Å². The topological polar surface area (TPSA) is 50.8 Å². The zero-order valence-corrected chi connectivity index (χ0v) is 15.8. The van der Waals surface area contributed by atoms with Gasteiger partial charge in [0.2, 0.25) is 0 Å². The lowest BCUT2D eigenvalue weighted by Gasteiger charge is -2.32. The Morgan fingerprint density at radius 1 is 1.12 bits per heavy atom. The Bertz CT molecular complexity index is 494. The van der Waals surface area contributed by atoms with Crippen LogP contribution in [0.2, 0.25) is 0 Å². The van der Waals surface area contributed by atoms with Gasteiger partial charge in [-0.1, -0.05) is 30.3 Å². The average Bonchev–Trinajstić information content (AvgIpc) is 2.58. The molecule has 0 atom stereocenters. The van der Waals surface area contributed by atoms with Crippen molar-refractivity contribution in [3.05, 3.63) is 35.9 Å². The Balaban J connectivity index is 1.66. The minimum atomic E-state index is -2.92. The lowest BCUT2D eigenvalue weighted by Crippen LogP contribution is -2.42. The molecule has 1 aromatic rings. The van der Waals surface area contributed by atoms with Crippen molar-refractivity contribution in [1.82, 2.24) is 10.2 Å². The van der Waals surface area contributed by atoms with Gasteiger partial charge in [0.25, 0.3) is 0 Å². The largest absolute Gasteiger partial charge is 0.331 e. The second kappa shape index (κ2) is 10.3. The summed E-state index contributed by atoms with van der Waals surface area (Å²) in [7, 11) is -2.92. The molecule has 0 radical (unpaired) electrons. The predicted octanol–water partition coefficient (Wildman–Crippen LogP) is 3.51. The Kier molecular flexibility index (Phi) is 8.43. The molecule has 0 aromatic heterocycles. The van der Waals surface area contributed by atoms with Crippen LogP contribution >= 0.6 is 7.60 Å². The third-order valence-corrected chi connectivity index (χ3v) is 6.38. The smallest absolute Gasteiger partial charge is 0.313 e. The number of nitrogens with one attached hydrogen (secondary N) is 1. The third-order valence-electron chi connectivity index (χ3n) is 4.31. The maximum atomic E-state index is 12.4. The van der Waals surface area contributed by atoms with Crippen molar-refractivity contribution < 1.29 is 13.6 Å². The zero-order valence-electron chi connectivity index (χ0n) is 14.9. The lowest BCUT2D eigenvalue weighted by atomic mass is 10.0. The van der Waals surface area contributed by atoms with Crippen LogP contribution in [0.3, 0.4) is 0 Å². The van der Waals surface area contributed by atoms with E-state index in [-0.39, 0.29) is 0 Å². The summed E-state index contributed by atoms with van der Waals surface area (Å²) in [5.41, 5.74) is 1.37. The van der Waals surface area contributed by atoms with Crippen LogP contribution in [-0.2, 0) is 20.2 Å². The zero-order chi connectivity index (χ0) is 17.3. The Hall–Kier alpha value is -0.710. The molecule has 1 heterocycles. The van der Waals surface area contributed by atoms with Gasteiger partial charge >= 0.3 is 7.60 Å². The van der Waals surface area contributed by atoms with Gasteiger partial charge in [-0.05, 0) is 45.3 Å². The average molecular weight is 354 g/mol. The first-order chi connectivity index (χ1) is 11.6. The molecular weight excluding hydrogens is 323 g/mol. The van der Waals surface area contributed by atoms with E-state index < -0.39 is 7.60 Å². The number of nitrogens with zero attached hydrogens (tertiary/aromatic N) is 1. The van der Waals surface area contributed by atoms with Crippen molar-refractivity contribution in [3.63, 3.8) is 0 Å². The molecule has 1 aromatic carbocycles. The van der Waals surface area contributed by atoms with E-state index in [0.717, 1.165) is 32.5 Å². The molecule has 5 nitrogen and oxygen atoms in total. The van der Waals surface area contributed by atoms with E-state index in [1.54, 1.807) is 0 Å². The number of hydrogen-bond acceptors (Lipinski definition) is 5. The SMILES string of the molecule is CCOP(=O)(CCNC1CCN(Cc2ccccc2)CC1)OCC. The molecule has 1 saturated heterocycles. The number of rotatable bonds is 10. The van der Waals surface area contributed by atoms with Gasteiger partial charge in [0.1, 0.15) is 0 Å². The van der Waals surface area contributed by atoms with Crippen LogP contribution < -0.4 is 5.32 Å². The molecule has 6 heteroatoms. The first-order valence-electron chi connectivity index (χ1n) is 9.03. The van der Waals surface area contributed by atoms with Gasteiger partial charge < -0.3 is 14.4 Å². The highest BCUT2D eigenvalue weighted by Crippen LogP contribution is 2.47. The van der Waals surface area contributed by atoms with Crippen LogP contribution in [0.1, 0.15) is 32.3 Å². The van der Waals surface area contributed by atoms with Crippen LogP contribution in [0.4, 0.5) is 0 Å². The fourth-order valence-electron chi connectivity index (χ4n) is 3.10. The number of likely N-dealkylation sites (tertiary alicyclic amines) is 1. The maximum absolute atomic E-state index is 12.4. The van der Waals surface area contributed by atoms with Gasteiger partial charge in [-0.15, -0.1) is 0 Å². The molecule has 1 N–H and O–H groups in total. The molecule has 0 amide bonds. The van der Waals surface area contributed by atoms with Crippen LogP contribution in [0.15, 0.2) is 30.3 Å². The summed E-state index contributed by atoms with van der Waals surface area (Å²) in [6.45, 7) is 8.45. The number of hydrogen-bond donors (Lipinski definition) is 1. The van der Waals surface area contributed by atoms with Gasteiger partial charge in [-0.25, -0.2) is 0 Å². The molecule has 1 aliphatic heterocycles. The monoisotopic (exact) mass is 354 g/mol. The molecule has 0 unspecified atom stereocenters. The van der Waals surface area contributed by atoms with E-state index in [9.17, 15) is 4.57 Å². The molecule has 24 heavy (non-hydrogen) atoms. The minimum absolute atomic E-state index is 0.426. The standard InChI is InChI=1S/C18H31N2O3P/c1-3-22-24(21,23-4-2)15-12-19-18-10-13-20(14-11-18)16-17-8-6-5-7-9-17/h5-9,18-19H,3-4,10-16H2,1-2H3. The first kappa shape index (κ1) is 19.6. The van der Waals surface area contributed by atoms with Gasteiger partial charge in [0.15, 0.2) is 0 Å². The predicted molar refractivity (Wildman–Crippen MR) is 98.5 cm³/mol. The van der Waals surface area contributed by atoms with E-state index >= 15 is 0 Å². The summed E-state index contributed by atoms with van der Waals surface area (Å²) < 4.78 is 23.1. The third kappa shape index (κ3) is 6.66. The molecule has 0 aliphatic carbocycles. The van der Waals surface area contributed by atoms with Crippen molar-refractivity contribution in [3.8, 4) is 0 Å². The molecular formula is C18H31N2O3P. The van der Waals surface area contributed by atoms with Gasteiger partial charge in [-0.3, -0.25) is 9.46 Å². The molecule has 0 bridgehead atoms. The van der Waals surface area contributed by atoms with E-state index in [0.29, 0.717) is 32.0 Å². The Morgan fingerprint density at radius 3 is 2.33 bits per heavy atom. The second-order valence-corrected chi connectivity index (χ2v) is 8.35. The van der Waals surface area contributed by atoms with E-state index in [1.165, 1.54) is 5.56 Å². The van der Waals surface area contributed by atoms with Gasteiger partial charge in [-0.2, -0.15) is 0 Å². The quantitative estimate of drug-likeness (QED) is 0.652. The molecule has 0 saturated carbocycles. The van der Waals surface area contributed by atoms with Crippen molar-refractivity contribution in [2.24, 2.45) is 0 Å². The van der Waals surface area contributed by atoms with Crippen LogP contribution in [-0.4, -0.2) is 50.0 Å². The summed E-state index contributed by atoms with van der Waals surface area (Å²) in [4.78, 5) is 2.50. The van der Waals surface area contributed by atoms with Crippen LogP contribution in [0, 0.1) is 0 Å². The van der Waals surface area contributed by atoms with Crippen LogP contribution in [0.5, 0.6) is 0 Å². The fraction of sp³-hybridized carbons (Fsp3) is 0.667. The fourth-order valence-corrected chi connectivity index (χ4v) is 4.62. The van der Waals surface area contributed by atoms with Crippen molar-refractivity contribution in [2.75, 3.05) is 39.0 Å². The number of benzene rings is 1. The van der Waals surface area contributed by atoms with Crippen molar-refractivity contribution in [2.45, 2.75) is 39.3 Å². The van der Waals surface area contributed by atoms with E-state index in [2.05, 4.69) is 40.5 Å². The van der Waals surface area contributed by atoms with Crippen molar-refractivity contribution >= 4 is 7.60 Å². The number of piperidine rings is 1. The highest BCUT2D eigenvalue weighted by Gasteiger charge is 2.24. The molecule has 0 spiro atoms. The summed E-state index contributed by atoms with van der Waals surface area (Å²) in [5, 5.41) is 3.52. The lowest BCUT2D eigenvalue weighted by molar-refractivity contribution is 0.190. The second-order valence-electron chi connectivity index (χ2n) is 6.16. The van der Waals surface area contributed by atoms with Crippen LogP contribution in [0.25, 0.3) is 0 Å². The Morgan fingerprint density at radius 2 is 1.75 bits per heavy atom. The summed E-state index contributed by atoms with van der Waals surface area (Å²) in [6, 6.07) is 11.1. The van der Waals surface area contributed by atoms with Crippen molar-refractivity contribution in [1.29, 1.82) is 0 Å². The minimum Gasteiger partial charge on any atom is -0.313 e. The van der Waals surface area contributed by atoms with Gasteiger partial charge in [0.05, 0.1) is 19.4 Å².